The number of fused-ring (bicyclic) bond motifs is 1. The largest absolute Gasteiger partial charge is 0.462 e. The third kappa shape index (κ3) is 5.28. The summed E-state index contributed by atoms with van der Waals surface area (Å²) in [6.45, 7) is 4.26. The lowest BCUT2D eigenvalue weighted by Crippen LogP contribution is -2.16. The second-order valence-corrected chi connectivity index (χ2v) is 6.10. The molecule has 0 heterocycles. The van der Waals surface area contributed by atoms with Crippen molar-refractivity contribution in [2.45, 2.75) is 46.0 Å². The number of unbranched alkanes of at least 4 members (excludes halogenated alkanes) is 3. The molecule has 0 aliphatic heterocycles. The van der Waals surface area contributed by atoms with Crippen molar-refractivity contribution in [1.29, 1.82) is 0 Å². The maximum Gasteiger partial charge on any atom is 0.341 e. The van der Waals surface area contributed by atoms with Crippen LogP contribution < -0.4 is 0 Å². The third-order valence-corrected chi connectivity index (χ3v) is 4.20. The Hall–Kier alpha value is -2.42. The van der Waals surface area contributed by atoms with Crippen LogP contribution in [0, 0.1) is 0 Å². The molecule has 0 amide bonds. The van der Waals surface area contributed by atoms with E-state index in [2.05, 4.69) is 6.92 Å². The summed E-state index contributed by atoms with van der Waals surface area (Å²) < 4.78 is 5.33. The van der Waals surface area contributed by atoms with E-state index in [-0.39, 0.29) is 17.8 Å². The summed E-state index contributed by atoms with van der Waals surface area (Å²) in [5.74, 6) is -0.706. The third-order valence-electron chi connectivity index (χ3n) is 4.20. The highest BCUT2D eigenvalue weighted by atomic mass is 16.5. The molecule has 2 aromatic carbocycles. The molecule has 25 heavy (non-hydrogen) atoms. The Kier molecular flexibility index (Phi) is 7.39. The van der Waals surface area contributed by atoms with E-state index in [1.165, 1.54) is 0 Å². The van der Waals surface area contributed by atoms with Crippen LogP contribution >= 0.6 is 0 Å². The van der Waals surface area contributed by atoms with Crippen LogP contribution in [0.3, 0.4) is 0 Å². The molecule has 0 atom stereocenters. The zero-order chi connectivity index (χ0) is 18.1. The molecule has 0 N–H and O–H groups in total. The van der Waals surface area contributed by atoms with Gasteiger partial charge in [-0.15, -0.1) is 0 Å². The first-order chi connectivity index (χ1) is 12.2. The van der Waals surface area contributed by atoms with Gasteiger partial charge in [0.15, 0.2) is 5.78 Å². The standard InChI is InChI=1S/C22H26O3/c1-3-5-6-9-15-25-22(24)20(21(23)4-2)16-18-13-10-12-17-11-7-8-14-19(17)18/h7-8,10-14,16H,3-6,9,15H2,1-2H3. The van der Waals surface area contributed by atoms with Crippen LogP contribution in [0.25, 0.3) is 16.8 Å². The van der Waals surface area contributed by atoms with Crippen LogP contribution in [0.15, 0.2) is 48.0 Å². The Labute approximate surface area is 149 Å². The SMILES string of the molecule is CCCCCCOC(=O)C(=Cc1cccc2ccccc12)C(=O)CC. The summed E-state index contributed by atoms with van der Waals surface area (Å²) in [4.78, 5) is 24.7. The number of hydrogen-bond acceptors (Lipinski definition) is 3. The van der Waals surface area contributed by atoms with Gasteiger partial charge in [0.05, 0.1) is 6.61 Å². The number of carbonyl (C=O) groups is 2. The summed E-state index contributed by atoms with van der Waals surface area (Å²) in [5, 5.41) is 2.09. The molecule has 0 fully saturated rings. The average Bonchev–Trinajstić information content (AvgIpc) is 2.65. The van der Waals surface area contributed by atoms with Crippen LogP contribution in [0.5, 0.6) is 0 Å². The smallest absolute Gasteiger partial charge is 0.341 e. The first-order valence-corrected chi connectivity index (χ1v) is 9.07. The van der Waals surface area contributed by atoms with Gasteiger partial charge < -0.3 is 4.74 Å². The summed E-state index contributed by atoms with van der Waals surface area (Å²) >= 11 is 0. The predicted octanol–water partition coefficient (Wildman–Crippen LogP) is 5.33. The molecule has 0 aromatic heterocycles. The Morgan fingerprint density at radius 2 is 1.72 bits per heavy atom. The Balaban J connectivity index is 2.22. The van der Waals surface area contributed by atoms with Crippen molar-refractivity contribution in [3.05, 3.63) is 53.6 Å². The fourth-order valence-electron chi connectivity index (χ4n) is 2.75. The van der Waals surface area contributed by atoms with Gasteiger partial charge in [-0.3, -0.25) is 4.79 Å². The molecule has 0 aliphatic carbocycles. The molecule has 0 radical (unpaired) electrons. The first-order valence-electron chi connectivity index (χ1n) is 9.07. The number of ketones is 1. The van der Waals surface area contributed by atoms with Crippen LogP contribution in [-0.2, 0) is 14.3 Å². The lowest BCUT2D eigenvalue weighted by atomic mass is 10.0. The van der Waals surface area contributed by atoms with Crippen LogP contribution in [0.2, 0.25) is 0 Å². The number of carbonyl (C=O) groups excluding carboxylic acids is 2. The quantitative estimate of drug-likeness (QED) is 0.204. The average molecular weight is 338 g/mol. The van der Waals surface area contributed by atoms with E-state index in [4.69, 9.17) is 4.74 Å². The van der Waals surface area contributed by atoms with E-state index in [0.717, 1.165) is 42.0 Å². The van der Waals surface area contributed by atoms with Crippen molar-refractivity contribution >= 4 is 28.6 Å². The van der Waals surface area contributed by atoms with Crippen LogP contribution in [0.4, 0.5) is 0 Å². The summed E-state index contributed by atoms with van der Waals surface area (Å²) in [6, 6.07) is 13.8. The molecular formula is C22H26O3. The summed E-state index contributed by atoms with van der Waals surface area (Å²) in [5.41, 5.74) is 0.993. The second kappa shape index (κ2) is 9.77. The van der Waals surface area contributed by atoms with E-state index < -0.39 is 5.97 Å². The monoisotopic (exact) mass is 338 g/mol. The number of ether oxygens (including phenoxy) is 1. The molecule has 2 aromatic rings. The molecule has 0 saturated carbocycles. The molecule has 0 saturated heterocycles. The number of esters is 1. The molecule has 0 aliphatic rings. The van der Waals surface area contributed by atoms with Crippen molar-refractivity contribution in [3.8, 4) is 0 Å². The molecule has 0 unspecified atom stereocenters. The van der Waals surface area contributed by atoms with Crippen LogP contribution in [-0.4, -0.2) is 18.4 Å². The number of benzene rings is 2. The van der Waals surface area contributed by atoms with Gasteiger partial charge in [0.2, 0.25) is 0 Å². The van der Waals surface area contributed by atoms with Crippen LogP contribution in [0.1, 0.15) is 51.5 Å². The van der Waals surface area contributed by atoms with E-state index in [9.17, 15) is 9.59 Å². The molecule has 3 heteroatoms. The molecule has 2 rings (SSSR count). The number of hydrogen-bond donors (Lipinski definition) is 0. The Morgan fingerprint density at radius 3 is 2.48 bits per heavy atom. The molecule has 0 spiro atoms. The first kappa shape index (κ1) is 18.9. The zero-order valence-corrected chi connectivity index (χ0v) is 15.1. The van der Waals surface area contributed by atoms with Gasteiger partial charge >= 0.3 is 5.97 Å². The van der Waals surface area contributed by atoms with Crippen molar-refractivity contribution < 1.29 is 14.3 Å². The predicted molar refractivity (Wildman–Crippen MR) is 102 cm³/mol. The van der Waals surface area contributed by atoms with E-state index in [0.29, 0.717) is 6.61 Å². The molecular weight excluding hydrogens is 312 g/mol. The lowest BCUT2D eigenvalue weighted by Gasteiger charge is -2.08. The van der Waals surface area contributed by atoms with E-state index in [1.807, 2.05) is 42.5 Å². The second-order valence-electron chi connectivity index (χ2n) is 6.10. The number of rotatable bonds is 9. The van der Waals surface area contributed by atoms with Gasteiger partial charge in [-0.1, -0.05) is 75.6 Å². The summed E-state index contributed by atoms with van der Waals surface area (Å²) in [7, 11) is 0. The zero-order valence-electron chi connectivity index (χ0n) is 15.1. The fourth-order valence-corrected chi connectivity index (χ4v) is 2.75. The van der Waals surface area contributed by atoms with Gasteiger partial charge in [0.25, 0.3) is 0 Å². The minimum Gasteiger partial charge on any atom is -0.462 e. The normalized spacial score (nSPS) is 11.5. The topological polar surface area (TPSA) is 43.4 Å². The Bertz CT molecular complexity index is 753. The van der Waals surface area contributed by atoms with Gasteiger partial charge in [0.1, 0.15) is 5.57 Å². The maximum absolute atomic E-state index is 12.4. The summed E-state index contributed by atoms with van der Waals surface area (Å²) in [6.07, 6.45) is 6.08. The minimum atomic E-state index is -0.517. The fraction of sp³-hybridized carbons (Fsp3) is 0.364. The highest BCUT2D eigenvalue weighted by Gasteiger charge is 2.18. The molecule has 3 nitrogen and oxygen atoms in total. The lowest BCUT2D eigenvalue weighted by molar-refractivity contribution is -0.140. The van der Waals surface area contributed by atoms with E-state index in [1.54, 1.807) is 13.0 Å². The van der Waals surface area contributed by atoms with Crippen molar-refractivity contribution in [1.82, 2.24) is 0 Å². The molecule has 132 valence electrons. The van der Waals surface area contributed by atoms with Crippen molar-refractivity contribution in [2.75, 3.05) is 6.61 Å². The van der Waals surface area contributed by atoms with Crippen molar-refractivity contribution in [2.24, 2.45) is 0 Å². The number of Topliss-reactive ketones (excluding diaryl/α,β-unsaturated/α-hetero) is 1. The van der Waals surface area contributed by atoms with Gasteiger partial charge in [-0.05, 0) is 28.8 Å². The minimum absolute atomic E-state index is 0.134. The van der Waals surface area contributed by atoms with Gasteiger partial charge in [-0.25, -0.2) is 4.79 Å². The van der Waals surface area contributed by atoms with Gasteiger partial charge in [0, 0.05) is 6.42 Å². The molecule has 0 bridgehead atoms. The van der Waals surface area contributed by atoms with Crippen molar-refractivity contribution in [3.63, 3.8) is 0 Å². The highest BCUT2D eigenvalue weighted by molar-refractivity contribution is 6.21. The maximum atomic E-state index is 12.4. The Morgan fingerprint density at radius 1 is 0.960 bits per heavy atom. The highest BCUT2D eigenvalue weighted by Crippen LogP contribution is 2.22. The van der Waals surface area contributed by atoms with E-state index >= 15 is 0 Å². The van der Waals surface area contributed by atoms with Gasteiger partial charge in [-0.2, -0.15) is 0 Å².